The average molecular weight is 314 g/mol. The molecular formula is C19H26N2O2. The number of nitrogens with zero attached hydrogens (tertiary/aromatic N) is 2. The Morgan fingerprint density at radius 3 is 2.57 bits per heavy atom. The van der Waals surface area contributed by atoms with Crippen LogP contribution in [-0.4, -0.2) is 41.8 Å². The van der Waals surface area contributed by atoms with Gasteiger partial charge < -0.3 is 9.80 Å². The minimum absolute atomic E-state index is 0.0979. The molecule has 0 spiro atoms. The first-order valence-corrected chi connectivity index (χ1v) is 8.76. The molecule has 2 fully saturated rings. The number of likely N-dealkylation sites (tertiary alicyclic amines) is 2. The van der Waals surface area contributed by atoms with E-state index in [4.69, 9.17) is 0 Å². The first kappa shape index (κ1) is 16.0. The van der Waals surface area contributed by atoms with Crippen LogP contribution in [0.15, 0.2) is 30.3 Å². The largest absolute Gasteiger partial charge is 0.346 e. The number of carbonyl (C=O) groups excluding carboxylic acids is 2. The van der Waals surface area contributed by atoms with Crippen LogP contribution in [0.4, 0.5) is 0 Å². The van der Waals surface area contributed by atoms with Crippen molar-refractivity contribution in [2.75, 3.05) is 20.1 Å². The molecule has 0 N–H and O–H groups in total. The van der Waals surface area contributed by atoms with Crippen LogP contribution >= 0.6 is 0 Å². The van der Waals surface area contributed by atoms with E-state index < -0.39 is 0 Å². The van der Waals surface area contributed by atoms with Gasteiger partial charge in [-0.05, 0) is 24.8 Å². The quantitative estimate of drug-likeness (QED) is 0.842. The summed E-state index contributed by atoms with van der Waals surface area (Å²) in [5.74, 6) is 0.144. The molecule has 124 valence electrons. The van der Waals surface area contributed by atoms with Gasteiger partial charge in [0.1, 0.15) is 0 Å². The highest BCUT2D eigenvalue weighted by molar-refractivity contribution is 5.87. The van der Waals surface area contributed by atoms with E-state index in [-0.39, 0.29) is 23.8 Å². The van der Waals surface area contributed by atoms with Gasteiger partial charge in [-0.15, -0.1) is 0 Å². The molecule has 2 amide bonds. The summed E-state index contributed by atoms with van der Waals surface area (Å²) >= 11 is 0. The first-order chi connectivity index (χ1) is 11.2. The van der Waals surface area contributed by atoms with Crippen LogP contribution in [0.1, 0.15) is 50.1 Å². The van der Waals surface area contributed by atoms with Gasteiger partial charge in [-0.2, -0.15) is 0 Å². The van der Waals surface area contributed by atoms with Crippen molar-refractivity contribution in [3.63, 3.8) is 0 Å². The zero-order valence-electron chi connectivity index (χ0n) is 13.9. The number of hydrogen-bond acceptors (Lipinski definition) is 2. The Balaban J connectivity index is 1.79. The second-order valence-corrected chi connectivity index (χ2v) is 6.81. The van der Waals surface area contributed by atoms with Crippen LogP contribution in [0.3, 0.4) is 0 Å². The van der Waals surface area contributed by atoms with Crippen LogP contribution in [-0.2, 0) is 9.59 Å². The predicted molar refractivity (Wildman–Crippen MR) is 89.7 cm³/mol. The van der Waals surface area contributed by atoms with Gasteiger partial charge in [-0.1, -0.05) is 43.2 Å². The van der Waals surface area contributed by atoms with Gasteiger partial charge in [0, 0.05) is 32.5 Å². The maximum Gasteiger partial charge on any atom is 0.226 e. The molecule has 0 saturated carbocycles. The molecule has 2 heterocycles. The summed E-state index contributed by atoms with van der Waals surface area (Å²) in [7, 11) is 1.82. The summed E-state index contributed by atoms with van der Waals surface area (Å²) in [4.78, 5) is 28.9. The third-order valence-electron chi connectivity index (χ3n) is 5.23. The normalized spacial score (nSPS) is 26.0. The molecule has 1 aromatic carbocycles. The first-order valence-electron chi connectivity index (χ1n) is 8.76. The standard InChI is InChI=1S/C19H26N2O2/c1-20-13-11-16(14-18(20)22)19(23)21-12-7-3-6-10-17(21)15-8-4-2-5-9-15/h2,4-5,8-9,16-17H,3,6-7,10-14H2,1H3/t16-,17+/m0/s1. The molecule has 3 rings (SSSR count). The predicted octanol–water partition coefficient (Wildman–Crippen LogP) is 3.00. The Labute approximate surface area is 138 Å². The molecule has 2 saturated heterocycles. The molecule has 0 aliphatic carbocycles. The third kappa shape index (κ3) is 3.57. The molecule has 4 nitrogen and oxygen atoms in total. The Morgan fingerprint density at radius 2 is 1.83 bits per heavy atom. The summed E-state index contributed by atoms with van der Waals surface area (Å²) in [5.41, 5.74) is 1.22. The maximum absolute atomic E-state index is 13.1. The van der Waals surface area contributed by atoms with E-state index in [1.165, 1.54) is 12.0 Å². The maximum atomic E-state index is 13.1. The van der Waals surface area contributed by atoms with Crippen molar-refractivity contribution in [2.24, 2.45) is 5.92 Å². The number of hydrogen-bond donors (Lipinski definition) is 0. The Kier molecular flexibility index (Phi) is 4.99. The highest BCUT2D eigenvalue weighted by atomic mass is 16.2. The Hall–Kier alpha value is -1.84. The van der Waals surface area contributed by atoms with Crippen LogP contribution in [0.2, 0.25) is 0 Å². The van der Waals surface area contributed by atoms with Crippen LogP contribution in [0.5, 0.6) is 0 Å². The highest BCUT2D eigenvalue weighted by Crippen LogP contribution is 2.33. The van der Waals surface area contributed by atoms with Crippen LogP contribution in [0, 0.1) is 5.92 Å². The lowest BCUT2D eigenvalue weighted by atomic mass is 9.93. The lowest BCUT2D eigenvalue weighted by molar-refractivity contribution is -0.146. The lowest BCUT2D eigenvalue weighted by Crippen LogP contribution is -2.45. The molecule has 4 heteroatoms. The number of rotatable bonds is 2. The highest BCUT2D eigenvalue weighted by Gasteiger charge is 2.35. The van der Waals surface area contributed by atoms with Crippen LogP contribution in [0.25, 0.3) is 0 Å². The Morgan fingerprint density at radius 1 is 1.04 bits per heavy atom. The van der Waals surface area contributed by atoms with E-state index >= 15 is 0 Å². The summed E-state index contributed by atoms with van der Waals surface area (Å²) in [6.07, 6.45) is 5.59. The van der Waals surface area contributed by atoms with Gasteiger partial charge in [-0.3, -0.25) is 9.59 Å². The van der Waals surface area contributed by atoms with Crippen LogP contribution < -0.4 is 0 Å². The van der Waals surface area contributed by atoms with Gasteiger partial charge in [-0.25, -0.2) is 0 Å². The summed E-state index contributed by atoms with van der Waals surface area (Å²) in [6.45, 7) is 1.51. The molecule has 23 heavy (non-hydrogen) atoms. The second-order valence-electron chi connectivity index (χ2n) is 6.81. The van der Waals surface area contributed by atoms with Crippen molar-refractivity contribution in [3.05, 3.63) is 35.9 Å². The second kappa shape index (κ2) is 7.16. The number of piperidine rings is 1. The Bertz CT molecular complexity index is 558. The van der Waals surface area contributed by atoms with Gasteiger partial charge in [0.05, 0.1) is 6.04 Å². The third-order valence-corrected chi connectivity index (χ3v) is 5.23. The molecule has 2 aliphatic rings. The summed E-state index contributed by atoms with van der Waals surface area (Å²) in [6, 6.07) is 10.5. The van der Waals surface area contributed by atoms with Gasteiger partial charge >= 0.3 is 0 Å². The van der Waals surface area contributed by atoms with Crippen molar-refractivity contribution >= 4 is 11.8 Å². The zero-order valence-corrected chi connectivity index (χ0v) is 13.9. The fraction of sp³-hybridized carbons (Fsp3) is 0.579. The van der Waals surface area contributed by atoms with E-state index in [1.807, 2.05) is 25.2 Å². The topological polar surface area (TPSA) is 40.6 Å². The molecule has 1 aromatic rings. The molecule has 0 radical (unpaired) electrons. The zero-order chi connectivity index (χ0) is 16.2. The smallest absolute Gasteiger partial charge is 0.226 e. The van der Waals surface area contributed by atoms with E-state index in [1.54, 1.807) is 4.90 Å². The lowest BCUT2D eigenvalue weighted by Gasteiger charge is -2.36. The van der Waals surface area contributed by atoms with Gasteiger partial charge in [0.25, 0.3) is 0 Å². The molecule has 2 atom stereocenters. The van der Waals surface area contributed by atoms with E-state index in [0.717, 1.165) is 32.2 Å². The minimum Gasteiger partial charge on any atom is -0.346 e. The molecular weight excluding hydrogens is 288 g/mol. The van der Waals surface area contributed by atoms with Gasteiger partial charge in [0.2, 0.25) is 11.8 Å². The van der Waals surface area contributed by atoms with Crippen molar-refractivity contribution < 1.29 is 9.59 Å². The monoisotopic (exact) mass is 314 g/mol. The summed E-state index contributed by atoms with van der Waals surface area (Å²) < 4.78 is 0. The number of carbonyl (C=O) groups is 2. The SMILES string of the molecule is CN1CC[C@H](C(=O)N2CCCCC[C@@H]2c2ccccc2)CC1=O. The fourth-order valence-corrected chi connectivity index (χ4v) is 3.78. The average Bonchev–Trinajstić information content (AvgIpc) is 2.83. The van der Waals surface area contributed by atoms with Crippen molar-refractivity contribution in [3.8, 4) is 0 Å². The molecule has 0 unspecified atom stereocenters. The summed E-state index contributed by atoms with van der Waals surface area (Å²) in [5, 5.41) is 0. The number of amides is 2. The fourth-order valence-electron chi connectivity index (χ4n) is 3.78. The van der Waals surface area contributed by atoms with Crippen molar-refractivity contribution in [1.29, 1.82) is 0 Å². The van der Waals surface area contributed by atoms with Crippen molar-refractivity contribution in [2.45, 2.75) is 44.6 Å². The van der Waals surface area contributed by atoms with E-state index in [2.05, 4.69) is 17.0 Å². The molecule has 0 bridgehead atoms. The minimum atomic E-state index is -0.136. The van der Waals surface area contributed by atoms with E-state index in [0.29, 0.717) is 13.0 Å². The molecule has 2 aliphatic heterocycles. The van der Waals surface area contributed by atoms with Crippen molar-refractivity contribution in [1.82, 2.24) is 9.80 Å². The number of benzene rings is 1. The van der Waals surface area contributed by atoms with Gasteiger partial charge in [0.15, 0.2) is 0 Å². The van der Waals surface area contributed by atoms with E-state index in [9.17, 15) is 9.59 Å². The molecule has 0 aromatic heterocycles.